The van der Waals surface area contributed by atoms with Gasteiger partial charge in [0.05, 0.1) is 6.04 Å². The van der Waals surface area contributed by atoms with Gasteiger partial charge in [0.25, 0.3) is 0 Å². The highest BCUT2D eigenvalue weighted by molar-refractivity contribution is 7.98. The molecule has 0 bridgehead atoms. The molecule has 0 fully saturated rings. The number of rotatable bonds is 7. The summed E-state index contributed by atoms with van der Waals surface area (Å²) >= 11 is 1.59. The number of nitrogens with one attached hydrogen (secondary N) is 1. The molecule has 0 spiro atoms. The summed E-state index contributed by atoms with van der Waals surface area (Å²) in [7, 11) is 0. The van der Waals surface area contributed by atoms with Gasteiger partial charge in [-0.2, -0.15) is 11.8 Å². The van der Waals surface area contributed by atoms with Gasteiger partial charge in [-0.1, -0.05) is 30.3 Å². The molecule has 1 rings (SSSR count). The molecular weight excluding hydrogens is 264 g/mol. The van der Waals surface area contributed by atoms with Crippen molar-refractivity contribution in [3.8, 4) is 0 Å². The lowest BCUT2D eigenvalue weighted by Gasteiger charge is -2.17. The van der Waals surface area contributed by atoms with Crippen molar-refractivity contribution in [1.82, 2.24) is 5.32 Å². The van der Waals surface area contributed by atoms with Crippen LogP contribution in [0.15, 0.2) is 30.3 Å². The normalized spacial score (nSPS) is 13.6. The van der Waals surface area contributed by atoms with E-state index in [-0.39, 0.29) is 0 Å². The van der Waals surface area contributed by atoms with E-state index in [0.717, 1.165) is 5.75 Å². The van der Waals surface area contributed by atoms with Crippen LogP contribution in [0.2, 0.25) is 0 Å². The Hall–Kier alpha value is -1.53. The summed E-state index contributed by atoms with van der Waals surface area (Å²) in [4.78, 5) is 23.0. The van der Waals surface area contributed by atoms with Gasteiger partial charge in [-0.25, -0.2) is 4.79 Å². The quantitative estimate of drug-likeness (QED) is 0.694. The van der Waals surface area contributed by atoms with Crippen molar-refractivity contribution < 1.29 is 14.7 Å². The van der Waals surface area contributed by atoms with E-state index < -0.39 is 24.0 Å². The molecule has 0 aliphatic rings. The van der Waals surface area contributed by atoms with Crippen LogP contribution in [0.5, 0.6) is 0 Å². The smallest absolute Gasteiger partial charge is 0.330 e. The molecular formula is C13H18N2O3S. The fraction of sp³-hybridized carbons (Fsp3) is 0.385. The van der Waals surface area contributed by atoms with Gasteiger partial charge in [-0.15, -0.1) is 0 Å². The number of carbonyl (C=O) groups is 2. The summed E-state index contributed by atoms with van der Waals surface area (Å²) < 4.78 is 0. The average molecular weight is 282 g/mol. The number of hydrogen-bond acceptors (Lipinski definition) is 4. The minimum Gasteiger partial charge on any atom is -0.479 e. The number of carbonyl (C=O) groups excluding carboxylic acids is 1. The third-order valence-electron chi connectivity index (χ3n) is 2.64. The third kappa shape index (κ3) is 4.92. The Balaban J connectivity index is 2.70. The van der Waals surface area contributed by atoms with E-state index in [1.54, 1.807) is 42.1 Å². The van der Waals surface area contributed by atoms with Crippen molar-refractivity contribution in [3.63, 3.8) is 0 Å². The van der Waals surface area contributed by atoms with Crippen molar-refractivity contribution in [2.24, 2.45) is 5.73 Å². The van der Waals surface area contributed by atoms with E-state index in [0.29, 0.717) is 12.0 Å². The Bertz CT molecular complexity index is 425. The van der Waals surface area contributed by atoms with Gasteiger partial charge in [0, 0.05) is 0 Å². The monoisotopic (exact) mass is 282 g/mol. The number of carboxylic acids is 1. The van der Waals surface area contributed by atoms with Crippen LogP contribution in [0.3, 0.4) is 0 Å². The highest BCUT2D eigenvalue weighted by Gasteiger charge is 2.24. The summed E-state index contributed by atoms with van der Waals surface area (Å²) in [5.74, 6) is -0.778. The molecule has 0 aliphatic heterocycles. The van der Waals surface area contributed by atoms with Crippen LogP contribution >= 0.6 is 11.8 Å². The summed E-state index contributed by atoms with van der Waals surface area (Å²) in [5.41, 5.74) is 6.24. The van der Waals surface area contributed by atoms with Crippen LogP contribution in [-0.4, -0.2) is 35.0 Å². The van der Waals surface area contributed by atoms with E-state index >= 15 is 0 Å². The molecule has 19 heavy (non-hydrogen) atoms. The largest absolute Gasteiger partial charge is 0.479 e. The molecule has 0 heterocycles. The Morgan fingerprint density at radius 1 is 1.37 bits per heavy atom. The number of benzene rings is 1. The molecule has 0 unspecified atom stereocenters. The molecule has 0 saturated carbocycles. The number of amides is 1. The Morgan fingerprint density at radius 3 is 2.53 bits per heavy atom. The third-order valence-corrected chi connectivity index (χ3v) is 3.28. The van der Waals surface area contributed by atoms with Crippen molar-refractivity contribution >= 4 is 23.6 Å². The van der Waals surface area contributed by atoms with Crippen LogP contribution in [0.4, 0.5) is 0 Å². The van der Waals surface area contributed by atoms with Gasteiger partial charge in [-0.05, 0) is 24.0 Å². The number of aliphatic carboxylic acids is 1. The summed E-state index contributed by atoms with van der Waals surface area (Å²) in [5, 5.41) is 11.6. The zero-order valence-electron chi connectivity index (χ0n) is 10.7. The number of nitrogens with two attached hydrogens (primary N) is 1. The Morgan fingerprint density at radius 2 is 2.00 bits per heavy atom. The van der Waals surface area contributed by atoms with E-state index in [2.05, 4.69) is 5.32 Å². The Labute approximate surface area is 116 Å². The topological polar surface area (TPSA) is 92.4 Å². The Kier molecular flexibility index (Phi) is 6.38. The number of thioether (sulfide) groups is 1. The van der Waals surface area contributed by atoms with E-state index in [9.17, 15) is 14.7 Å². The van der Waals surface area contributed by atoms with E-state index in [1.807, 2.05) is 6.26 Å². The van der Waals surface area contributed by atoms with Gasteiger partial charge in [0.15, 0.2) is 6.04 Å². The molecule has 6 heteroatoms. The van der Waals surface area contributed by atoms with Crippen molar-refractivity contribution in [2.75, 3.05) is 12.0 Å². The fourth-order valence-electron chi connectivity index (χ4n) is 1.56. The molecule has 1 aromatic carbocycles. The van der Waals surface area contributed by atoms with Crippen LogP contribution < -0.4 is 11.1 Å². The first-order valence-electron chi connectivity index (χ1n) is 5.89. The van der Waals surface area contributed by atoms with Crippen molar-refractivity contribution in [3.05, 3.63) is 35.9 Å². The lowest BCUT2D eigenvalue weighted by atomic mass is 10.1. The minimum atomic E-state index is -1.10. The van der Waals surface area contributed by atoms with Crippen molar-refractivity contribution in [1.29, 1.82) is 0 Å². The number of carboxylic acid groups (broad SMARTS) is 1. The van der Waals surface area contributed by atoms with Gasteiger partial charge in [0.1, 0.15) is 0 Å². The molecule has 0 aliphatic carbocycles. The summed E-state index contributed by atoms with van der Waals surface area (Å²) in [6, 6.07) is 6.82. The summed E-state index contributed by atoms with van der Waals surface area (Å²) in [6.45, 7) is 0. The van der Waals surface area contributed by atoms with Crippen LogP contribution in [-0.2, 0) is 9.59 Å². The highest BCUT2D eigenvalue weighted by atomic mass is 32.2. The lowest BCUT2D eigenvalue weighted by Crippen LogP contribution is -2.44. The zero-order chi connectivity index (χ0) is 14.3. The molecule has 1 amide bonds. The van der Waals surface area contributed by atoms with E-state index in [4.69, 9.17) is 5.73 Å². The van der Waals surface area contributed by atoms with Gasteiger partial charge in [0.2, 0.25) is 5.91 Å². The molecule has 4 N–H and O–H groups in total. The SMILES string of the molecule is CSCC[C@@H](N)C(=O)N[C@H](C(=O)O)c1ccccc1. The molecule has 0 aromatic heterocycles. The molecule has 0 saturated heterocycles. The fourth-order valence-corrected chi connectivity index (χ4v) is 2.05. The second kappa shape index (κ2) is 7.81. The molecule has 1 aromatic rings. The first kappa shape index (κ1) is 15.5. The van der Waals surface area contributed by atoms with Gasteiger partial charge < -0.3 is 16.2 Å². The van der Waals surface area contributed by atoms with E-state index in [1.165, 1.54) is 0 Å². The second-order valence-electron chi connectivity index (χ2n) is 4.08. The molecule has 104 valence electrons. The lowest BCUT2D eigenvalue weighted by molar-refractivity contribution is -0.142. The maximum Gasteiger partial charge on any atom is 0.330 e. The highest BCUT2D eigenvalue weighted by Crippen LogP contribution is 2.13. The predicted molar refractivity (Wildman–Crippen MR) is 75.9 cm³/mol. The van der Waals surface area contributed by atoms with Crippen LogP contribution in [0.1, 0.15) is 18.0 Å². The maximum atomic E-state index is 11.8. The molecule has 0 radical (unpaired) electrons. The number of hydrogen-bond donors (Lipinski definition) is 3. The first-order valence-corrected chi connectivity index (χ1v) is 7.28. The maximum absolute atomic E-state index is 11.8. The molecule has 2 atom stereocenters. The molecule has 5 nitrogen and oxygen atoms in total. The minimum absolute atomic E-state index is 0.440. The van der Waals surface area contributed by atoms with Crippen molar-refractivity contribution in [2.45, 2.75) is 18.5 Å². The van der Waals surface area contributed by atoms with Crippen LogP contribution in [0.25, 0.3) is 0 Å². The van der Waals surface area contributed by atoms with Crippen LogP contribution in [0, 0.1) is 0 Å². The second-order valence-corrected chi connectivity index (χ2v) is 5.06. The first-order chi connectivity index (χ1) is 9.06. The van der Waals surface area contributed by atoms with Gasteiger partial charge >= 0.3 is 5.97 Å². The predicted octanol–water partition coefficient (Wildman–Crippen LogP) is 1.01. The standard InChI is InChI=1S/C13H18N2O3S/c1-19-8-7-10(14)12(16)15-11(13(17)18)9-5-3-2-4-6-9/h2-6,10-11H,7-8,14H2,1H3,(H,15,16)(H,17,18)/t10-,11+/m1/s1. The average Bonchev–Trinajstić information content (AvgIpc) is 2.42. The zero-order valence-corrected chi connectivity index (χ0v) is 11.5. The summed E-state index contributed by atoms with van der Waals surface area (Å²) in [6.07, 6.45) is 2.45. The van der Waals surface area contributed by atoms with Gasteiger partial charge in [-0.3, -0.25) is 4.79 Å².